The highest BCUT2D eigenvalue weighted by atomic mass is 32.1. The van der Waals surface area contributed by atoms with Crippen molar-refractivity contribution >= 4 is 27.4 Å². The summed E-state index contributed by atoms with van der Waals surface area (Å²) in [5, 5.41) is 10.5. The summed E-state index contributed by atoms with van der Waals surface area (Å²) in [4.78, 5) is 19.0. The third-order valence-corrected chi connectivity index (χ3v) is 7.18. The smallest absolute Gasteiger partial charge is 0.317 e. The van der Waals surface area contributed by atoms with Crippen molar-refractivity contribution in [2.45, 2.75) is 26.4 Å². The number of fused-ring (bicyclic) bond motifs is 1. The quantitative estimate of drug-likeness (QED) is 0.216. The summed E-state index contributed by atoms with van der Waals surface area (Å²) < 4.78 is 13.1. The molecule has 0 saturated heterocycles. The van der Waals surface area contributed by atoms with Gasteiger partial charge in [0.25, 0.3) is 0 Å². The molecule has 0 spiro atoms. The molecule has 0 fully saturated rings. The minimum Gasteiger partial charge on any atom is -0.493 e. The Morgan fingerprint density at radius 2 is 1.68 bits per heavy atom. The maximum absolute atomic E-state index is 11.4. The van der Waals surface area contributed by atoms with Crippen LogP contribution in [-0.2, 0) is 24.3 Å². The molecule has 37 heavy (non-hydrogen) atoms. The van der Waals surface area contributed by atoms with E-state index in [1.165, 1.54) is 10.1 Å². The molecule has 0 amide bonds. The Labute approximate surface area is 219 Å². The number of nitrogens with zero attached hydrogens (tertiary/aromatic N) is 2. The van der Waals surface area contributed by atoms with Gasteiger partial charge in [-0.1, -0.05) is 60.7 Å². The normalized spacial score (nSPS) is 11.3. The SMILES string of the molecule is Cc1oc(-c2cc3ccccc3s2)nc1CCOc1ccc(CN(CC(=O)O)Cc2ccccc2)cc1. The fourth-order valence-corrected chi connectivity index (χ4v) is 5.26. The Morgan fingerprint density at radius 3 is 2.41 bits per heavy atom. The lowest BCUT2D eigenvalue weighted by Crippen LogP contribution is -2.28. The van der Waals surface area contributed by atoms with Crippen LogP contribution in [0.25, 0.3) is 20.9 Å². The highest BCUT2D eigenvalue weighted by Crippen LogP contribution is 2.33. The van der Waals surface area contributed by atoms with Crippen molar-refractivity contribution in [3.05, 3.63) is 108 Å². The number of carboxylic acids is 1. The zero-order valence-electron chi connectivity index (χ0n) is 20.6. The van der Waals surface area contributed by atoms with Crippen LogP contribution in [0.2, 0.25) is 0 Å². The van der Waals surface area contributed by atoms with E-state index in [-0.39, 0.29) is 6.54 Å². The van der Waals surface area contributed by atoms with E-state index < -0.39 is 5.97 Å². The van der Waals surface area contributed by atoms with Gasteiger partial charge in [0, 0.05) is 24.2 Å². The second kappa shape index (κ2) is 11.4. The van der Waals surface area contributed by atoms with Gasteiger partial charge >= 0.3 is 5.97 Å². The van der Waals surface area contributed by atoms with E-state index in [0.29, 0.717) is 32.0 Å². The number of rotatable bonds is 11. The lowest BCUT2D eigenvalue weighted by molar-refractivity contribution is -0.138. The van der Waals surface area contributed by atoms with Crippen molar-refractivity contribution in [1.82, 2.24) is 9.88 Å². The van der Waals surface area contributed by atoms with Gasteiger partial charge in [-0.25, -0.2) is 4.98 Å². The molecule has 0 aliphatic rings. The molecule has 7 heteroatoms. The largest absolute Gasteiger partial charge is 0.493 e. The summed E-state index contributed by atoms with van der Waals surface area (Å²) in [6, 6.07) is 28.1. The van der Waals surface area contributed by atoms with Crippen molar-refractivity contribution in [3.63, 3.8) is 0 Å². The van der Waals surface area contributed by atoms with Gasteiger partial charge in [-0.15, -0.1) is 11.3 Å². The summed E-state index contributed by atoms with van der Waals surface area (Å²) in [5.41, 5.74) is 3.02. The van der Waals surface area contributed by atoms with E-state index in [0.717, 1.165) is 33.2 Å². The highest BCUT2D eigenvalue weighted by Gasteiger charge is 2.15. The number of benzene rings is 3. The van der Waals surface area contributed by atoms with Crippen LogP contribution in [0.15, 0.2) is 89.3 Å². The van der Waals surface area contributed by atoms with E-state index in [2.05, 4.69) is 18.2 Å². The van der Waals surface area contributed by atoms with Crippen LogP contribution in [0, 0.1) is 6.92 Å². The van der Waals surface area contributed by atoms with Crippen LogP contribution >= 0.6 is 11.3 Å². The lowest BCUT2D eigenvalue weighted by atomic mass is 10.1. The van der Waals surface area contributed by atoms with E-state index in [1.807, 2.05) is 78.6 Å². The third-order valence-electron chi connectivity index (χ3n) is 6.07. The highest BCUT2D eigenvalue weighted by molar-refractivity contribution is 7.22. The molecule has 1 N–H and O–H groups in total. The zero-order valence-corrected chi connectivity index (χ0v) is 21.4. The van der Waals surface area contributed by atoms with Gasteiger partial charge in [0.05, 0.1) is 23.7 Å². The molecule has 3 aromatic carbocycles. The number of ether oxygens (including phenoxy) is 1. The minimum absolute atomic E-state index is 0.0202. The molecule has 0 aliphatic carbocycles. The molecule has 0 unspecified atom stereocenters. The van der Waals surface area contributed by atoms with E-state index in [4.69, 9.17) is 14.1 Å². The molecule has 0 radical (unpaired) electrons. The number of aliphatic carboxylic acids is 1. The molecule has 0 bridgehead atoms. The van der Waals surface area contributed by atoms with Gasteiger partial charge in [0.15, 0.2) is 0 Å². The van der Waals surface area contributed by atoms with Crippen molar-refractivity contribution in [2.75, 3.05) is 13.2 Å². The Hall–Kier alpha value is -3.94. The Kier molecular flexibility index (Phi) is 7.63. The molecule has 0 saturated carbocycles. The van der Waals surface area contributed by atoms with Gasteiger partial charge in [-0.2, -0.15) is 0 Å². The molecule has 5 aromatic rings. The average Bonchev–Trinajstić information content (AvgIpc) is 3.49. The topological polar surface area (TPSA) is 75.8 Å². The Bertz CT molecular complexity index is 1440. The number of thiophene rings is 1. The average molecular weight is 513 g/mol. The van der Waals surface area contributed by atoms with Gasteiger partial charge in [-0.3, -0.25) is 9.69 Å². The van der Waals surface area contributed by atoms with Crippen molar-refractivity contribution in [1.29, 1.82) is 0 Å². The number of carboxylic acid groups (broad SMARTS) is 1. The van der Waals surface area contributed by atoms with E-state index in [1.54, 1.807) is 11.3 Å². The number of aryl methyl sites for hydroxylation is 1. The maximum Gasteiger partial charge on any atom is 0.317 e. The predicted octanol–water partition coefficient (Wildman–Crippen LogP) is 6.57. The monoisotopic (exact) mass is 512 g/mol. The standard InChI is InChI=1S/C30H28N2O4S/c1-21-26(31-30(36-21)28-17-24-9-5-6-10-27(24)37-28)15-16-35-25-13-11-23(12-14-25)19-32(20-29(33)34)18-22-7-3-2-4-8-22/h2-14,17H,15-16,18-20H2,1H3,(H,33,34). The van der Waals surface area contributed by atoms with Crippen molar-refractivity contribution in [2.24, 2.45) is 0 Å². The fraction of sp³-hybridized carbons (Fsp3) is 0.200. The van der Waals surface area contributed by atoms with Crippen LogP contribution in [0.3, 0.4) is 0 Å². The fourth-order valence-electron chi connectivity index (χ4n) is 4.27. The van der Waals surface area contributed by atoms with Gasteiger partial charge in [0.2, 0.25) is 5.89 Å². The minimum atomic E-state index is -0.838. The van der Waals surface area contributed by atoms with Crippen LogP contribution in [0.1, 0.15) is 22.6 Å². The number of hydrogen-bond donors (Lipinski definition) is 1. The molecular weight excluding hydrogens is 484 g/mol. The summed E-state index contributed by atoms with van der Waals surface area (Å²) in [6.07, 6.45) is 0.644. The summed E-state index contributed by atoms with van der Waals surface area (Å²) in [6.45, 7) is 3.52. The van der Waals surface area contributed by atoms with Crippen LogP contribution < -0.4 is 4.74 Å². The van der Waals surface area contributed by atoms with Gasteiger partial charge in [0.1, 0.15) is 11.5 Å². The predicted molar refractivity (Wildman–Crippen MR) is 146 cm³/mol. The molecule has 2 aromatic heterocycles. The molecule has 6 nitrogen and oxygen atoms in total. The summed E-state index contributed by atoms with van der Waals surface area (Å²) in [7, 11) is 0. The van der Waals surface area contributed by atoms with E-state index in [9.17, 15) is 9.90 Å². The first-order valence-electron chi connectivity index (χ1n) is 12.2. The zero-order chi connectivity index (χ0) is 25.6. The molecule has 0 aliphatic heterocycles. The number of hydrogen-bond acceptors (Lipinski definition) is 6. The summed E-state index contributed by atoms with van der Waals surface area (Å²) >= 11 is 1.68. The lowest BCUT2D eigenvalue weighted by Gasteiger charge is -2.20. The number of carbonyl (C=O) groups is 1. The molecule has 2 heterocycles. The Morgan fingerprint density at radius 1 is 0.973 bits per heavy atom. The maximum atomic E-state index is 11.4. The van der Waals surface area contributed by atoms with Crippen LogP contribution in [0.5, 0.6) is 5.75 Å². The Balaban J connectivity index is 1.16. The van der Waals surface area contributed by atoms with Gasteiger partial charge in [-0.05, 0) is 47.7 Å². The van der Waals surface area contributed by atoms with Crippen LogP contribution in [0.4, 0.5) is 0 Å². The van der Waals surface area contributed by atoms with Crippen molar-refractivity contribution < 1.29 is 19.1 Å². The van der Waals surface area contributed by atoms with Gasteiger partial charge < -0.3 is 14.3 Å². The van der Waals surface area contributed by atoms with Crippen molar-refractivity contribution in [3.8, 4) is 16.5 Å². The number of aromatic nitrogens is 1. The summed E-state index contributed by atoms with van der Waals surface area (Å²) in [5.74, 6) is 1.39. The molecule has 0 atom stereocenters. The molecular formula is C30H28N2O4S. The van der Waals surface area contributed by atoms with E-state index >= 15 is 0 Å². The number of oxazole rings is 1. The first-order valence-corrected chi connectivity index (χ1v) is 13.0. The first kappa shape index (κ1) is 24.7. The second-order valence-corrected chi connectivity index (χ2v) is 10.0. The van der Waals surface area contributed by atoms with Crippen LogP contribution in [-0.4, -0.2) is 34.1 Å². The first-order chi connectivity index (χ1) is 18.0. The second-order valence-electron chi connectivity index (χ2n) is 8.94. The third kappa shape index (κ3) is 6.44. The molecule has 5 rings (SSSR count). The molecule has 188 valence electrons.